The van der Waals surface area contributed by atoms with Crippen molar-refractivity contribution in [3.05, 3.63) is 47.9 Å². The van der Waals surface area contributed by atoms with Crippen LogP contribution in [0.3, 0.4) is 0 Å². The van der Waals surface area contributed by atoms with Crippen LogP contribution in [-0.2, 0) is 11.8 Å². The molecule has 0 saturated carbocycles. The van der Waals surface area contributed by atoms with Crippen molar-refractivity contribution in [1.82, 2.24) is 19.9 Å². The van der Waals surface area contributed by atoms with Gasteiger partial charge in [0.15, 0.2) is 5.82 Å². The van der Waals surface area contributed by atoms with E-state index >= 15 is 0 Å². The minimum absolute atomic E-state index is 0.121. The average molecular weight is 341 g/mol. The average Bonchev–Trinajstić information content (AvgIpc) is 2.88. The van der Waals surface area contributed by atoms with Crippen molar-refractivity contribution in [3.8, 4) is 0 Å². The summed E-state index contributed by atoms with van der Waals surface area (Å²) >= 11 is 1.63. The minimum atomic E-state index is -0.121. The van der Waals surface area contributed by atoms with Crippen LogP contribution in [0.25, 0.3) is 10.9 Å². The molecule has 2 N–H and O–H groups in total. The molecular weight excluding hydrogens is 318 g/mol. The number of pyridine rings is 1. The van der Waals surface area contributed by atoms with Gasteiger partial charge in [0.05, 0.1) is 5.52 Å². The Kier molecular flexibility index (Phi) is 4.49. The molecule has 0 fully saturated rings. The summed E-state index contributed by atoms with van der Waals surface area (Å²) in [6.45, 7) is 8.40. The van der Waals surface area contributed by atoms with Crippen LogP contribution in [0.15, 0.2) is 41.6 Å². The summed E-state index contributed by atoms with van der Waals surface area (Å²) in [4.78, 5) is 4.74. The molecule has 3 aromatic rings. The van der Waals surface area contributed by atoms with Crippen molar-refractivity contribution in [3.63, 3.8) is 0 Å². The molecular formula is C18H23N5S. The van der Waals surface area contributed by atoms with Crippen LogP contribution in [-0.4, -0.2) is 25.1 Å². The van der Waals surface area contributed by atoms with Gasteiger partial charge in [-0.15, -0.1) is 10.2 Å². The third-order valence-corrected chi connectivity index (χ3v) is 4.85. The summed E-state index contributed by atoms with van der Waals surface area (Å²) in [5.41, 5.74) is 1.99. The Bertz CT molecular complexity index is 850. The Morgan fingerprint density at radius 2 is 1.88 bits per heavy atom. The maximum atomic E-state index is 6.16. The summed E-state index contributed by atoms with van der Waals surface area (Å²) in [6, 6.07) is 12.4. The van der Waals surface area contributed by atoms with Crippen molar-refractivity contribution in [2.75, 3.05) is 5.84 Å². The molecule has 1 atom stereocenters. The molecule has 2 aromatic heterocycles. The Labute approximate surface area is 146 Å². The van der Waals surface area contributed by atoms with Gasteiger partial charge >= 0.3 is 0 Å². The van der Waals surface area contributed by atoms with E-state index in [2.05, 4.69) is 56.1 Å². The van der Waals surface area contributed by atoms with Gasteiger partial charge in [-0.1, -0.05) is 63.7 Å². The first-order valence-corrected chi connectivity index (χ1v) is 8.95. The number of nitrogens with two attached hydrogens (primary N) is 1. The molecule has 126 valence electrons. The first-order chi connectivity index (χ1) is 11.3. The van der Waals surface area contributed by atoms with Crippen molar-refractivity contribution in [1.29, 1.82) is 0 Å². The van der Waals surface area contributed by atoms with E-state index < -0.39 is 0 Å². The number of nitrogen functional groups attached to an aromatic ring is 1. The molecule has 3 rings (SSSR count). The number of hydrogen-bond acceptors (Lipinski definition) is 5. The molecule has 2 heterocycles. The topological polar surface area (TPSA) is 69.6 Å². The van der Waals surface area contributed by atoms with E-state index in [4.69, 9.17) is 10.8 Å². The van der Waals surface area contributed by atoms with Crippen LogP contribution in [0.5, 0.6) is 0 Å². The van der Waals surface area contributed by atoms with E-state index in [0.717, 1.165) is 34.0 Å². The number of hydrogen-bond donors (Lipinski definition) is 1. The second kappa shape index (κ2) is 6.43. The lowest BCUT2D eigenvalue weighted by atomic mass is 9.96. The van der Waals surface area contributed by atoms with Gasteiger partial charge in [-0.05, 0) is 12.1 Å². The fourth-order valence-electron chi connectivity index (χ4n) is 2.61. The zero-order valence-corrected chi connectivity index (χ0v) is 15.3. The first-order valence-electron chi connectivity index (χ1n) is 8.07. The quantitative estimate of drug-likeness (QED) is 0.580. The first kappa shape index (κ1) is 16.8. The third kappa shape index (κ3) is 3.53. The lowest BCUT2D eigenvalue weighted by Crippen LogP contribution is -2.24. The monoisotopic (exact) mass is 341 g/mol. The maximum absolute atomic E-state index is 6.16. The van der Waals surface area contributed by atoms with Crippen LogP contribution in [0.1, 0.15) is 39.2 Å². The molecule has 1 aromatic carbocycles. The van der Waals surface area contributed by atoms with E-state index in [1.807, 2.05) is 18.2 Å². The molecule has 0 amide bonds. The lowest BCUT2D eigenvalue weighted by Gasteiger charge is -2.17. The molecule has 5 nitrogen and oxygen atoms in total. The summed E-state index contributed by atoms with van der Waals surface area (Å²) in [7, 11) is 0. The molecule has 0 saturated heterocycles. The number of aromatic nitrogens is 4. The Morgan fingerprint density at radius 1 is 1.12 bits per heavy atom. The van der Waals surface area contributed by atoms with Crippen LogP contribution >= 0.6 is 11.8 Å². The van der Waals surface area contributed by atoms with Gasteiger partial charge in [0, 0.05) is 28.2 Å². The van der Waals surface area contributed by atoms with Gasteiger partial charge in [0.1, 0.15) is 0 Å². The van der Waals surface area contributed by atoms with Crippen LogP contribution < -0.4 is 5.84 Å². The smallest absolute Gasteiger partial charge is 0.210 e. The second-order valence-corrected chi connectivity index (χ2v) is 8.46. The van der Waals surface area contributed by atoms with E-state index in [1.54, 1.807) is 16.4 Å². The van der Waals surface area contributed by atoms with Crippen molar-refractivity contribution in [2.24, 2.45) is 0 Å². The normalized spacial score (nSPS) is 13.3. The highest BCUT2D eigenvalue weighted by Crippen LogP contribution is 2.27. The summed E-state index contributed by atoms with van der Waals surface area (Å²) in [5.74, 6) is 6.95. The van der Waals surface area contributed by atoms with E-state index in [0.29, 0.717) is 5.25 Å². The van der Waals surface area contributed by atoms with E-state index in [9.17, 15) is 0 Å². The fraction of sp³-hybridized carbons (Fsp3) is 0.389. The largest absolute Gasteiger partial charge is 0.336 e. The summed E-state index contributed by atoms with van der Waals surface area (Å²) < 4.78 is 1.61. The second-order valence-electron chi connectivity index (χ2n) is 7.05. The van der Waals surface area contributed by atoms with E-state index in [-0.39, 0.29) is 5.41 Å². The van der Waals surface area contributed by atoms with Gasteiger partial charge < -0.3 is 5.84 Å². The SMILES string of the molecule is C[C@H](Cc1ccc2ccccc2n1)Sc1nnc(C(C)(C)C)n1N. The number of fused-ring (bicyclic) bond motifs is 1. The molecule has 0 spiro atoms. The lowest BCUT2D eigenvalue weighted by molar-refractivity contribution is 0.523. The Balaban J connectivity index is 1.73. The van der Waals surface area contributed by atoms with Crippen molar-refractivity contribution < 1.29 is 0 Å². The number of benzene rings is 1. The number of rotatable bonds is 4. The van der Waals surface area contributed by atoms with Gasteiger partial charge in [-0.25, -0.2) is 4.68 Å². The van der Waals surface area contributed by atoms with Gasteiger partial charge in [-0.2, -0.15) is 0 Å². The Hall–Kier alpha value is -2.08. The van der Waals surface area contributed by atoms with Crippen LogP contribution in [0.2, 0.25) is 0 Å². The predicted octanol–water partition coefficient (Wildman–Crippen LogP) is 3.56. The zero-order chi connectivity index (χ0) is 17.3. The molecule has 0 unspecified atom stereocenters. The molecule has 0 aliphatic rings. The van der Waals surface area contributed by atoms with Gasteiger partial charge in [0.25, 0.3) is 0 Å². The highest BCUT2D eigenvalue weighted by molar-refractivity contribution is 7.99. The third-order valence-electron chi connectivity index (χ3n) is 3.79. The highest BCUT2D eigenvalue weighted by atomic mass is 32.2. The molecule has 24 heavy (non-hydrogen) atoms. The predicted molar refractivity (Wildman–Crippen MR) is 99.6 cm³/mol. The zero-order valence-electron chi connectivity index (χ0n) is 14.5. The highest BCUT2D eigenvalue weighted by Gasteiger charge is 2.23. The Morgan fingerprint density at radius 3 is 2.58 bits per heavy atom. The molecule has 0 radical (unpaired) electrons. The molecule has 0 aliphatic carbocycles. The van der Waals surface area contributed by atoms with Crippen LogP contribution in [0.4, 0.5) is 0 Å². The number of nitrogens with zero attached hydrogens (tertiary/aromatic N) is 4. The van der Waals surface area contributed by atoms with Gasteiger partial charge in [0.2, 0.25) is 5.16 Å². The summed E-state index contributed by atoms with van der Waals surface area (Å²) in [6.07, 6.45) is 0.854. The summed E-state index contributed by atoms with van der Waals surface area (Å²) in [5, 5.41) is 10.7. The maximum Gasteiger partial charge on any atom is 0.210 e. The van der Waals surface area contributed by atoms with Crippen LogP contribution in [0, 0.1) is 0 Å². The standard InChI is InChI=1S/C18H23N5S/c1-12(24-17-22-21-16(23(17)19)18(2,3)4)11-14-10-9-13-7-5-6-8-15(13)20-14/h5-10,12H,11,19H2,1-4H3/t12-/m1/s1. The van der Waals surface area contributed by atoms with Crippen molar-refractivity contribution in [2.45, 2.75) is 49.9 Å². The number of para-hydroxylation sites is 1. The molecule has 6 heteroatoms. The molecule has 0 bridgehead atoms. The van der Waals surface area contributed by atoms with E-state index in [1.165, 1.54) is 0 Å². The molecule has 0 aliphatic heterocycles. The minimum Gasteiger partial charge on any atom is -0.336 e. The van der Waals surface area contributed by atoms with Crippen molar-refractivity contribution >= 4 is 22.7 Å². The number of thioether (sulfide) groups is 1. The van der Waals surface area contributed by atoms with Gasteiger partial charge in [-0.3, -0.25) is 4.98 Å². The fourth-order valence-corrected chi connectivity index (χ4v) is 3.51.